The summed E-state index contributed by atoms with van der Waals surface area (Å²) >= 11 is 12.1. The Morgan fingerprint density at radius 3 is 2.69 bits per heavy atom. The highest BCUT2D eigenvalue weighted by Gasteiger charge is 2.10. The van der Waals surface area contributed by atoms with Gasteiger partial charge in [-0.1, -0.05) is 40.9 Å². The Hall–Kier alpha value is -2.11. The maximum atomic E-state index is 12.2. The number of hydrogen-bond acceptors (Lipinski definition) is 4. The lowest BCUT2D eigenvalue weighted by Crippen LogP contribution is -2.25. The van der Waals surface area contributed by atoms with E-state index in [4.69, 9.17) is 23.2 Å². The predicted molar refractivity (Wildman–Crippen MR) is 105 cm³/mol. The first kappa shape index (κ1) is 18.7. The number of anilines is 2. The Morgan fingerprint density at radius 2 is 1.96 bits per heavy atom. The summed E-state index contributed by atoms with van der Waals surface area (Å²) in [6.07, 6.45) is 11.0. The topological polar surface area (TPSA) is 66.9 Å². The monoisotopic (exact) mass is 390 g/mol. The third kappa shape index (κ3) is 4.96. The second kappa shape index (κ2) is 9.01. The van der Waals surface area contributed by atoms with Crippen LogP contribution in [0.2, 0.25) is 10.0 Å². The Morgan fingerprint density at radius 1 is 1.15 bits per heavy atom. The summed E-state index contributed by atoms with van der Waals surface area (Å²) in [5.74, 6) is 0.173. The van der Waals surface area contributed by atoms with Crippen molar-refractivity contribution in [1.82, 2.24) is 15.3 Å². The molecule has 1 aliphatic rings. The second-order valence-electron chi connectivity index (χ2n) is 6.14. The number of halogens is 2. The smallest absolute Gasteiger partial charge is 0.254 e. The van der Waals surface area contributed by atoms with Crippen LogP contribution in [0.15, 0.2) is 42.2 Å². The number of amides is 1. The van der Waals surface area contributed by atoms with Gasteiger partial charge in [-0.15, -0.1) is 0 Å². The van der Waals surface area contributed by atoms with Gasteiger partial charge in [0.25, 0.3) is 5.91 Å². The van der Waals surface area contributed by atoms with Crippen molar-refractivity contribution >= 4 is 40.7 Å². The molecule has 1 aromatic carbocycles. The molecular weight excluding hydrogens is 371 g/mol. The molecule has 136 valence electrons. The molecule has 0 saturated heterocycles. The van der Waals surface area contributed by atoms with Crippen LogP contribution in [0.1, 0.15) is 42.5 Å². The Bertz CT molecular complexity index is 806. The molecule has 5 nitrogen and oxygen atoms in total. The van der Waals surface area contributed by atoms with Gasteiger partial charge in [-0.3, -0.25) is 4.79 Å². The first-order chi connectivity index (χ1) is 12.6. The fourth-order valence-electron chi connectivity index (χ4n) is 2.80. The quantitative estimate of drug-likeness (QED) is 0.669. The number of benzene rings is 1. The molecule has 1 amide bonds. The highest BCUT2D eigenvalue weighted by atomic mass is 35.5. The first-order valence-electron chi connectivity index (χ1n) is 8.62. The van der Waals surface area contributed by atoms with Gasteiger partial charge < -0.3 is 10.6 Å². The number of allylic oxidation sites excluding steroid dienone is 1. The van der Waals surface area contributed by atoms with Crippen LogP contribution < -0.4 is 10.6 Å². The number of rotatable bonds is 6. The fraction of sp³-hybridized carbons (Fsp3) is 0.316. The van der Waals surface area contributed by atoms with Gasteiger partial charge in [-0.2, -0.15) is 0 Å². The van der Waals surface area contributed by atoms with Gasteiger partial charge in [0, 0.05) is 18.9 Å². The summed E-state index contributed by atoms with van der Waals surface area (Å²) in [5, 5.41) is 6.75. The van der Waals surface area contributed by atoms with Crippen molar-refractivity contribution in [3.8, 4) is 0 Å². The molecule has 0 atom stereocenters. The van der Waals surface area contributed by atoms with Crippen LogP contribution >= 0.6 is 23.2 Å². The van der Waals surface area contributed by atoms with E-state index in [1.807, 2.05) is 0 Å². The predicted octanol–water partition coefficient (Wildman–Crippen LogP) is 5.15. The lowest BCUT2D eigenvalue weighted by Gasteiger charge is -2.13. The molecular formula is C19H20Cl2N4O. The van der Waals surface area contributed by atoms with E-state index in [2.05, 4.69) is 26.7 Å². The van der Waals surface area contributed by atoms with Crippen LogP contribution in [0.4, 0.5) is 11.6 Å². The molecule has 0 saturated carbocycles. The molecule has 1 aromatic heterocycles. The molecule has 2 aromatic rings. The molecule has 7 heteroatoms. The van der Waals surface area contributed by atoms with Gasteiger partial charge in [-0.25, -0.2) is 9.97 Å². The number of nitrogens with zero attached hydrogens (tertiary/aromatic N) is 2. The minimum Gasteiger partial charge on any atom is -0.352 e. The molecule has 0 aliphatic heterocycles. The number of hydrogen-bond donors (Lipinski definition) is 2. The number of carbonyl (C=O) groups is 1. The molecule has 0 spiro atoms. The minimum absolute atomic E-state index is 0.172. The average molecular weight is 391 g/mol. The van der Waals surface area contributed by atoms with Gasteiger partial charge in [0.05, 0.1) is 21.3 Å². The van der Waals surface area contributed by atoms with Crippen molar-refractivity contribution in [3.05, 3.63) is 57.9 Å². The zero-order chi connectivity index (χ0) is 18.4. The van der Waals surface area contributed by atoms with Crippen LogP contribution in [0.5, 0.6) is 0 Å². The van der Waals surface area contributed by atoms with E-state index in [1.54, 1.807) is 18.2 Å². The zero-order valence-corrected chi connectivity index (χ0v) is 15.8. The lowest BCUT2D eigenvalue weighted by atomic mass is 9.97. The highest BCUT2D eigenvalue weighted by molar-refractivity contribution is 6.43. The number of aromatic nitrogens is 2. The highest BCUT2D eigenvalue weighted by Crippen LogP contribution is 2.30. The van der Waals surface area contributed by atoms with E-state index in [9.17, 15) is 4.79 Å². The third-order valence-corrected chi connectivity index (χ3v) is 5.05. The van der Waals surface area contributed by atoms with Crippen LogP contribution in [0.3, 0.4) is 0 Å². The maximum absolute atomic E-state index is 12.2. The van der Waals surface area contributed by atoms with E-state index in [0.717, 1.165) is 19.3 Å². The van der Waals surface area contributed by atoms with Gasteiger partial charge >= 0.3 is 0 Å². The van der Waals surface area contributed by atoms with E-state index in [0.29, 0.717) is 33.8 Å². The number of carbonyl (C=O) groups excluding carboxylic acids is 1. The van der Waals surface area contributed by atoms with Gasteiger partial charge in [0.2, 0.25) is 5.95 Å². The Labute approximate surface area is 162 Å². The maximum Gasteiger partial charge on any atom is 0.254 e. The van der Waals surface area contributed by atoms with Crippen molar-refractivity contribution < 1.29 is 4.79 Å². The Kier molecular flexibility index (Phi) is 6.47. The van der Waals surface area contributed by atoms with Gasteiger partial charge in [-0.05, 0) is 44.2 Å². The molecule has 0 fully saturated rings. The first-order valence-corrected chi connectivity index (χ1v) is 9.38. The third-order valence-electron chi connectivity index (χ3n) is 4.23. The van der Waals surface area contributed by atoms with E-state index >= 15 is 0 Å². The van der Waals surface area contributed by atoms with Crippen molar-refractivity contribution in [2.75, 3.05) is 11.9 Å². The molecule has 0 unspecified atom stereocenters. The van der Waals surface area contributed by atoms with Crippen molar-refractivity contribution in [1.29, 1.82) is 0 Å². The largest absolute Gasteiger partial charge is 0.352 e. The van der Waals surface area contributed by atoms with E-state index < -0.39 is 0 Å². The van der Waals surface area contributed by atoms with Crippen molar-refractivity contribution in [2.24, 2.45) is 0 Å². The molecule has 1 aliphatic carbocycles. The molecule has 0 radical (unpaired) electrons. The Balaban J connectivity index is 1.54. The van der Waals surface area contributed by atoms with Crippen molar-refractivity contribution in [2.45, 2.75) is 32.1 Å². The zero-order valence-electron chi connectivity index (χ0n) is 14.3. The van der Waals surface area contributed by atoms with Crippen LogP contribution in [0, 0.1) is 0 Å². The molecule has 0 bridgehead atoms. The summed E-state index contributed by atoms with van der Waals surface area (Å²) in [6.45, 7) is 0.628. The lowest BCUT2D eigenvalue weighted by molar-refractivity contribution is 0.0953. The van der Waals surface area contributed by atoms with Gasteiger partial charge in [0.1, 0.15) is 0 Å². The molecule has 3 rings (SSSR count). The normalized spacial score (nSPS) is 13.8. The van der Waals surface area contributed by atoms with E-state index in [-0.39, 0.29) is 5.91 Å². The molecule has 2 N–H and O–H groups in total. The summed E-state index contributed by atoms with van der Waals surface area (Å²) in [7, 11) is 0. The summed E-state index contributed by atoms with van der Waals surface area (Å²) in [4.78, 5) is 20.5. The molecule has 1 heterocycles. The summed E-state index contributed by atoms with van der Waals surface area (Å²) in [5.41, 5.74) is 2.47. The van der Waals surface area contributed by atoms with E-state index in [1.165, 1.54) is 30.8 Å². The molecule has 26 heavy (non-hydrogen) atoms. The SMILES string of the molecule is O=C(NCCC1=CCCCC1)c1cnc(Nc2cccc(Cl)c2Cl)nc1. The summed E-state index contributed by atoms with van der Waals surface area (Å²) in [6, 6.07) is 5.25. The average Bonchev–Trinajstić information content (AvgIpc) is 2.67. The summed E-state index contributed by atoms with van der Waals surface area (Å²) < 4.78 is 0. The number of nitrogens with one attached hydrogen (secondary N) is 2. The second-order valence-corrected chi connectivity index (χ2v) is 6.92. The standard InChI is InChI=1S/C19H20Cl2N4O/c20-15-7-4-8-16(17(15)21)25-19-23-11-14(12-24-19)18(26)22-10-9-13-5-2-1-3-6-13/h4-5,7-8,11-12H,1-3,6,9-10H2,(H,22,26)(H,23,24,25). The minimum atomic E-state index is -0.172. The van der Waals surface area contributed by atoms with Crippen LogP contribution in [-0.2, 0) is 0 Å². The fourth-order valence-corrected chi connectivity index (χ4v) is 3.15. The van der Waals surface area contributed by atoms with Crippen molar-refractivity contribution in [3.63, 3.8) is 0 Å². The van der Waals surface area contributed by atoms with Crippen LogP contribution in [-0.4, -0.2) is 22.4 Å². The van der Waals surface area contributed by atoms with Crippen LogP contribution in [0.25, 0.3) is 0 Å². The van der Waals surface area contributed by atoms with Gasteiger partial charge in [0.15, 0.2) is 0 Å².